The molecule has 3 rings (SSSR count). The summed E-state index contributed by atoms with van der Waals surface area (Å²) in [5, 5.41) is 0. The van der Waals surface area contributed by atoms with Gasteiger partial charge < -0.3 is 0 Å². The Balaban J connectivity index is 1.83. The quantitative estimate of drug-likeness (QED) is 0.624. The maximum atomic E-state index is 12.5. The third-order valence-corrected chi connectivity index (χ3v) is 4.36. The standard InChI is InChI=1S/C19H22NO/c1-14-7-8-15(2)18(11-14)19(21)13-20-10-9-16-5-3-4-6-17(16)12-20/h7-12H,3-6,13H2,1-2H3/q+1. The van der Waals surface area contributed by atoms with Crippen molar-refractivity contribution in [3.8, 4) is 0 Å². The molecule has 0 bridgehead atoms. The van der Waals surface area contributed by atoms with Crippen LogP contribution in [-0.4, -0.2) is 5.78 Å². The molecule has 1 heterocycles. The number of aryl methyl sites for hydroxylation is 4. The van der Waals surface area contributed by atoms with Gasteiger partial charge in [-0.15, -0.1) is 0 Å². The van der Waals surface area contributed by atoms with Gasteiger partial charge in [0.15, 0.2) is 12.4 Å². The lowest BCUT2D eigenvalue weighted by molar-refractivity contribution is -0.683. The first-order valence-corrected chi connectivity index (χ1v) is 7.75. The van der Waals surface area contributed by atoms with Crippen LogP contribution in [0.1, 0.15) is 45.5 Å². The van der Waals surface area contributed by atoms with Gasteiger partial charge in [0.1, 0.15) is 0 Å². The van der Waals surface area contributed by atoms with E-state index in [0.29, 0.717) is 6.54 Å². The second kappa shape index (κ2) is 5.80. The number of hydrogen-bond donors (Lipinski definition) is 0. The molecule has 1 aliphatic rings. The Kier molecular flexibility index (Phi) is 3.87. The topological polar surface area (TPSA) is 20.9 Å². The average molecular weight is 280 g/mol. The molecular weight excluding hydrogens is 258 g/mol. The first kappa shape index (κ1) is 14.0. The van der Waals surface area contributed by atoms with Crippen molar-refractivity contribution in [3.05, 3.63) is 64.5 Å². The highest BCUT2D eigenvalue weighted by Crippen LogP contribution is 2.19. The largest absolute Gasteiger partial charge is 0.287 e. The van der Waals surface area contributed by atoms with Crippen molar-refractivity contribution < 1.29 is 9.36 Å². The lowest BCUT2D eigenvalue weighted by atomic mass is 9.93. The first-order valence-electron chi connectivity index (χ1n) is 7.75. The third-order valence-electron chi connectivity index (χ3n) is 4.36. The summed E-state index contributed by atoms with van der Waals surface area (Å²) >= 11 is 0. The Bertz CT molecular complexity index is 688. The van der Waals surface area contributed by atoms with Crippen LogP contribution in [0.3, 0.4) is 0 Å². The van der Waals surface area contributed by atoms with Gasteiger partial charge in [0.05, 0.1) is 0 Å². The van der Waals surface area contributed by atoms with E-state index in [9.17, 15) is 4.79 Å². The lowest BCUT2D eigenvalue weighted by Crippen LogP contribution is -2.38. The number of fused-ring (bicyclic) bond motifs is 1. The predicted octanol–water partition coefficient (Wildman–Crippen LogP) is 3.35. The normalized spacial score (nSPS) is 13.8. The molecule has 0 N–H and O–H groups in total. The van der Waals surface area contributed by atoms with Gasteiger partial charge in [0.2, 0.25) is 12.3 Å². The van der Waals surface area contributed by atoms with Gasteiger partial charge in [-0.25, -0.2) is 0 Å². The third kappa shape index (κ3) is 3.05. The summed E-state index contributed by atoms with van der Waals surface area (Å²) < 4.78 is 2.04. The molecule has 0 fully saturated rings. The minimum absolute atomic E-state index is 0.192. The second-order valence-electron chi connectivity index (χ2n) is 6.12. The molecule has 0 radical (unpaired) electrons. The van der Waals surface area contributed by atoms with Crippen molar-refractivity contribution in [2.75, 3.05) is 0 Å². The molecule has 0 aliphatic heterocycles. The number of ketones is 1. The van der Waals surface area contributed by atoms with Gasteiger partial charge in [-0.1, -0.05) is 17.7 Å². The molecule has 2 nitrogen and oxygen atoms in total. The number of carbonyl (C=O) groups is 1. The van der Waals surface area contributed by atoms with Crippen molar-refractivity contribution in [1.29, 1.82) is 0 Å². The summed E-state index contributed by atoms with van der Waals surface area (Å²) in [7, 11) is 0. The van der Waals surface area contributed by atoms with Crippen molar-refractivity contribution in [2.45, 2.75) is 46.1 Å². The maximum Gasteiger partial charge on any atom is 0.227 e. The molecule has 0 atom stereocenters. The van der Waals surface area contributed by atoms with E-state index in [1.165, 1.54) is 30.4 Å². The fourth-order valence-corrected chi connectivity index (χ4v) is 3.10. The molecule has 0 unspecified atom stereocenters. The summed E-state index contributed by atoms with van der Waals surface area (Å²) in [5.41, 5.74) is 5.91. The molecule has 0 saturated carbocycles. The molecule has 0 saturated heterocycles. The minimum atomic E-state index is 0.192. The zero-order chi connectivity index (χ0) is 14.8. The maximum absolute atomic E-state index is 12.5. The van der Waals surface area contributed by atoms with E-state index in [-0.39, 0.29) is 5.78 Å². The number of hydrogen-bond acceptors (Lipinski definition) is 1. The van der Waals surface area contributed by atoms with Gasteiger partial charge in [0.25, 0.3) is 0 Å². The molecule has 1 aromatic carbocycles. The zero-order valence-electron chi connectivity index (χ0n) is 12.9. The minimum Gasteiger partial charge on any atom is -0.287 e. The smallest absolute Gasteiger partial charge is 0.227 e. The molecule has 0 amide bonds. The van der Waals surface area contributed by atoms with Crippen molar-refractivity contribution >= 4 is 5.78 Å². The van der Waals surface area contributed by atoms with Crippen LogP contribution in [0.5, 0.6) is 0 Å². The van der Waals surface area contributed by atoms with Gasteiger partial charge in [-0.2, -0.15) is 4.57 Å². The fraction of sp³-hybridized carbons (Fsp3) is 0.368. The Morgan fingerprint density at radius 1 is 1.10 bits per heavy atom. The van der Waals surface area contributed by atoms with Crippen LogP contribution in [0, 0.1) is 13.8 Å². The van der Waals surface area contributed by atoms with E-state index in [4.69, 9.17) is 0 Å². The number of pyridine rings is 1. The molecule has 21 heavy (non-hydrogen) atoms. The molecule has 2 aromatic rings. The molecule has 0 spiro atoms. The zero-order valence-corrected chi connectivity index (χ0v) is 12.9. The number of benzene rings is 1. The molecule has 1 aromatic heterocycles. The molecule has 2 heteroatoms. The highest BCUT2D eigenvalue weighted by atomic mass is 16.1. The summed E-state index contributed by atoms with van der Waals surface area (Å²) in [6, 6.07) is 8.26. The highest BCUT2D eigenvalue weighted by molar-refractivity contribution is 5.96. The van der Waals surface area contributed by atoms with Crippen LogP contribution in [0.15, 0.2) is 36.7 Å². The van der Waals surface area contributed by atoms with Crippen LogP contribution < -0.4 is 4.57 Å². The van der Waals surface area contributed by atoms with Gasteiger partial charge in [0, 0.05) is 17.2 Å². The van der Waals surface area contributed by atoms with Gasteiger partial charge >= 0.3 is 0 Å². The number of carbonyl (C=O) groups excluding carboxylic acids is 1. The number of rotatable bonds is 3. The van der Waals surface area contributed by atoms with E-state index in [2.05, 4.69) is 18.3 Å². The highest BCUT2D eigenvalue weighted by Gasteiger charge is 2.17. The van der Waals surface area contributed by atoms with E-state index in [1.807, 2.05) is 36.7 Å². The number of nitrogens with zero attached hydrogens (tertiary/aromatic N) is 1. The SMILES string of the molecule is Cc1ccc(C)c(C(=O)C[n+]2ccc3c(c2)CCCC3)c1. The van der Waals surface area contributed by atoms with E-state index in [0.717, 1.165) is 23.1 Å². The van der Waals surface area contributed by atoms with Crippen molar-refractivity contribution in [2.24, 2.45) is 0 Å². The number of Topliss-reactive ketones (excluding diaryl/α,β-unsaturated/α-hetero) is 1. The Morgan fingerprint density at radius 2 is 1.86 bits per heavy atom. The fourth-order valence-electron chi connectivity index (χ4n) is 3.10. The summed E-state index contributed by atoms with van der Waals surface area (Å²) in [4.78, 5) is 12.5. The Hall–Kier alpha value is -1.96. The molecular formula is C19H22NO+. The summed E-state index contributed by atoms with van der Waals surface area (Å²) in [5.74, 6) is 0.192. The van der Waals surface area contributed by atoms with E-state index in [1.54, 1.807) is 0 Å². The van der Waals surface area contributed by atoms with Crippen LogP contribution in [0.4, 0.5) is 0 Å². The van der Waals surface area contributed by atoms with Crippen molar-refractivity contribution in [3.63, 3.8) is 0 Å². The summed E-state index contributed by atoms with van der Waals surface area (Å²) in [6.07, 6.45) is 9.10. The van der Waals surface area contributed by atoms with Gasteiger partial charge in [-0.05, 0) is 56.7 Å². The Morgan fingerprint density at radius 3 is 2.67 bits per heavy atom. The monoisotopic (exact) mass is 280 g/mol. The Labute approximate surface area is 126 Å². The van der Waals surface area contributed by atoms with Crippen LogP contribution in [-0.2, 0) is 19.4 Å². The summed E-state index contributed by atoms with van der Waals surface area (Å²) in [6.45, 7) is 4.46. The van der Waals surface area contributed by atoms with Crippen LogP contribution >= 0.6 is 0 Å². The van der Waals surface area contributed by atoms with Crippen molar-refractivity contribution in [1.82, 2.24) is 0 Å². The number of aromatic nitrogens is 1. The first-order chi connectivity index (χ1) is 10.1. The van der Waals surface area contributed by atoms with Crippen LogP contribution in [0.2, 0.25) is 0 Å². The molecule has 1 aliphatic carbocycles. The molecule has 108 valence electrons. The van der Waals surface area contributed by atoms with Crippen LogP contribution in [0.25, 0.3) is 0 Å². The predicted molar refractivity (Wildman–Crippen MR) is 83.5 cm³/mol. The van der Waals surface area contributed by atoms with E-state index < -0.39 is 0 Å². The second-order valence-corrected chi connectivity index (χ2v) is 6.12. The van der Waals surface area contributed by atoms with Gasteiger partial charge in [-0.3, -0.25) is 4.79 Å². The van der Waals surface area contributed by atoms with E-state index >= 15 is 0 Å². The lowest BCUT2D eigenvalue weighted by Gasteiger charge is -2.13. The average Bonchev–Trinajstić information content (AvgIpc) is 2.49.